The summed E-state index contributed by atoms with van der Waals surface area (Å²) in [7, 11) is -9.89. The van der Waals surface area contributed by atoms with Crippen molar-refractivity contribution in [3.63, 3.8) is 0 Å². The molecule has 0 fully saturated rings. The predicted octanol–water partition coefficient (Wildman–Crippen LogP) is 18.1. The molecule has 0 saturated heterocycles. The lowest BCUT2D eigenvalue weighted by molar-refractivity contribution is -0.161. The number of rotatable bonds is 63. The van der Waals surface area contributed by atoms with Crippen molar-refractivity contribution in [2.75, 3.05) is 39.6 Å². The number of hydrogen-bond donors (Lipinski definition) is 3. The van der Waals surface area contributed by atoms with Gasteiger partial charge in [0.1, 0.15) is 19.3 Å². The fourth-order valence-electron chi connectivity index (χ4n) is 9.75. The van der Waals surface area contributed by atoms with Crippen LogP contribution in [0.2, 0.25) is 0 Å². The monoisotopic (exact) mass is 1250 g/mol. The lowest BCUT2D eigenvalue weighted by Gasteiger charge is -2.21. The highest BCUT2D eigenvalue weighted by molar-refractivity contribution is 7.47. The molecule has 0 aliphatic heterocycles. The molecule has 0 aromatic carbocycles. The molecule has 0 heterocycles. The van der Waals surface area contributed by atoms with Gasteiger partial charge in [0.15, 0.2) is 12.2 Å². The Labute approximate surface area is 517 Å². The van der Waals surface area contributed by atoms with Crippen molar-refractivity contribution in [3.05, 3.63) is 0 Å². The largest absolute Gasteiger partial charge is 0.472 e. The number of phosphoric acid groups is 2. The van der Waals surface area contributed by atoms with E-state index in [-0.39, 0.29) is 25.7 Å². The second-order valence-corrected chi connectivity index (χ2v) is 28.4. The fraction of sp³-hybridized carbons (Fsp3) is 0.939. The minimum atomic E-state index is -4.95. The summed E-state index contributed by atoms with van der Waals surface area (Å²) >= 11 is 0. The van der Waals surface area contributed by atoms with E-state index in [1.54, 1.807) is 0 Å². The molecule has 0 aliphatic carbocycles. The maximum Gasteiger partial charge on any atom is 0.472 e. The Hall–Kier alpha value is -1.94. The summed E-state index contributed by atoms with van der Waals surface area (Å²) < 4.78 is 68.0. The quantitative estimate of drug-likeness (QED) is 0.0222. The molecule has 17 nitrogen and oxygen atoms in total. The normalized spacial score (nSPS) is 14.7. The molecule has 3 N–H and O–H groups in total. The molecule has 0 amide bonds. The highest BCUT2D eigenvalue weighted by Gasteiger charge is 2.30. The number of hydrogen-bond acceptors (Lipinski definition) is 15. The van der Waals surface area contributed by atoms with E-state index < -0.39 is 97.5 Å². The van der Waals surface area contributed by atoms with Gasteiger partial charge in [-0.1, -0.05) is 267 Å². The first-order valence-electron chi connectivity index (χ1n) is 34.2. The van der Waals surface area contributed by atoms with Crippen LogP contribution in [0.3, 0.4) is 0 Å². The van der Waals surface area contributed by atoms with Gasteiger partial charge in [-0.2, -0.15) is 0 Å². The van der Waals surface area contributed by atoms with E-state index in [9.17, 15) is 43.2 Å². The van der Waals surface area contributed by atoms with Gasteiger partial charge in [-0.25, -0.2) is 9.13 Å². The maximum atomic E-state index is 13.0. The van der Waals surface area contributed by atoms with E-state index in [2.05, 4.69) is 55.4 Å². The maximum absolute atomic E-state index is 13.0. The highest BCUT2D eigenvalue weighted by atomic mass is 31.2. The van der Waals surface area contributed by atoms with Crippen LogP contribution in [0.5, 0.6) is 0 Å². The van der Waals surface area contributed by atoms with Crippen molar-refractivity contribution in [2.45, 2.75) is 337 Å². The Bertz CT molecular complexity index is 1700. The molecule has 0 rings (SSSR count). The highest BCUT2D eigenvalue weighted by Crippen LogP contribution is 2.45. The number of aliphatic hydroxyl groups excluding tert-OH is 1. The summed E-state index contributed by atoms with van der Waals surface area (Å²) in [6.07, 6.45) is 36.5. The van der Waals surface area contributed by atoms with Crippen molar-refractivity contribution in [3.8, 4) is 0 Å². The first kappa shape index (κ1) is 83.1. The first-order valence-corrected chi connectivity index (χ1v) is 37.2. The number of esters is 4. The molecule has 6 atom stereocenters. The van der Waals surface area contributed by atoms with Crippen molar-refractivity contribution in [2.24, 2.45) is 23.7 Å². The van der Waals surface area contributed by atoms with Crippen molar-refractivity contribution in [1.29, 1.82) is 0 Å². The molecule has 0 bridgehead atoms. The van der Waals surface area contributed by atoms with Crippen LogP contribution >= 0.6 is 15.6 Å². The second kappa shape index (κ2) is 56.1. The summed E-state index contributed by atoms with van der Waals surface area (Å²) in [5, 5.41) is 10.5. The van der Waals surface area contributed by atoms with Gasteiger partial charge >= 0.3 is 39.5 Å². The molecular formula is C66H128O17P2. The third-order valence-electron chi connectivity index (χ3n) is 15.4. The minimum absolute atomic E-state index is 0.101. The Balaban J connectivity index is 5.20. The van der Waals surface area contributed by atoms with Crippen molar-refractivity contribution in [1.82, 2.24) is 0 Å². The Kier molecular flexibility index (Phi) is 54.8. The molecule has 0 radical (unpaired) electrons. The average Bonchev–Trinajstić information content (AvgIpc) is 3.47. The van der Waals surface area contributed by atoms with E-state index >= 15 is 0 Å². The molecule has 0 spiro atoms. The number of phosphoric ester groups is 2. The third-order valence-corrected chi connectivity index (χ3v) is 17.3. The standard InChI is InChI=1S/C66H128O17P2/c1-9-59(8)45-37-29-23-25-33-41-49-66(71)83-62(52-76-63(68)46-38-30-20-16-14-12-10-11-13-15-18-26-34-42-56(2)3)55-81-85(74,75)79-51-60(67)50-78-84(72,73)80-54-61(82-65(70)48-40-32-24-22-28-36-44-58(6)7)53-77-64(69)47-39-31-21-17-19-27-35-43-57(4)5/h56-62,67H,9-55H2,1-8H3,(H,72,73)(H,74,75)/t59?,60?,61-,62-/m1/s1. The fourth-order valence-corrected chi connectivity index (χ4v) is 11.3. The van der Waals surface area contributed by atoms with E-state index in [4.69, 9.17) is 37.0 Å². The molecule has 0 aromatic heterocycles. The molecular weight excluding hydrogens is 1130 g/mol. The van der Waals surface area contributed by atoms with Crippen molar-refractivity contribution >= 4 is 39.5 Å². The third kappa shape index (κ3) is 59.5. The molecule has 4 unspecified atom stereocenters. The Morgan fingerprint density at radius 2 is 0.565 bits per heavy atom. The van der Waals surface area contributed by atoms with Gasteiger partial charge in [0.05, 0.1) is 26.4 Å². The zero-order valence-electron chi connectivity index (χ0n) is 55.2. The predicted molar refractivity (Wildman–Crippen MR) is 340 cm³/mol. The van der Waals surface area contributed by atoms with Gasteiger partial charge in [-0.15, -0.1) is 0 Å². The SMILES string of the molecule is CCC(C)CCCCCCCCC(=O)O[C@H](COC(=O)CCCCCCCCCCCCCCCC(C)C)COP(=O)(O)OCC(O)COP(=O)(O)OC[C@@H](COC(=O)CCCCCCCCCC(C)C)OC(=O)CCCCCCCCC(C)C. The van der Waals surface area contributed by atoms with Crippen LogP contribution in [0.4, 0.5) is 0 Å². The zero-order valence-corrected chi connectivity index (χ0v) is 57.0. The van der Waals surface area contributed by atoms with E-state index in [1.807, 2.05) is 0 Å². The van der Waals surface area contributed by atoms with Crippen LogP contribution < -0.4 is 0 Å². The molecule has 0 aromatic rings. The lowest BCUT2D eigenvalue weighted by atomic mass is 10.00. The van der Waals surface area contributed by atoms with Crippen LogP contribution in [0.1, 0.15) is 319 Å². The Morgan fingerprint density at radius 1 is 0.329 bits per heavy atom. The summed E-state index contributed by atoms with van der Waals surface area (Å²) in [6.45, 7) is 13.9. The smallest absolute Gasteiger partial charge is 0.462 e. The second-order valence-electron chi connectivity index (χ2n) is 25.5. The number of unbranched alkanes of at least 4 members (excludes halogenated alkanes) is 28. The summed E-state index contributed by atoms with van der Waals surface area (Å²) in [6, 6.07) is 0. The minimum Gasteiger partial charge on any atom is -0.462 e. The van der Waals surface area contributed by atoms with Gasteiger partial charge in [0.2, 0.25) is 0 Å². The van der Waals surface area contributed by atoms with Crippen molar-refractivity contribution < 1.29 is 80.2 Å². The van der Waals surface area contributed by atoms with Gasteiger partial charge in [-0.05, 0) is 49.4 Å². The van der Waals surface area contributed by atoms with Crippen LogP contribution in [0, 0.1) is 23.7 Å². The van der Waals surface area contributed by atoms with E-state index in [0.717, 1.165) is 108 Å². The van der Waals surface area contributed by atoms with Gasteiger partial charge in [-0.3, -0.25) is 37.3 Å². The topological polar surface area (TPSA) is 237 Å². The Morgan fingerprint density at radius 3 is 0.835 bits per heavy atom. The average molecular weight is 1260 g/mol. The summed E-state index contributed by atoms with van der Waals surface area (Å²) in [5.41, 5.74) is 0. The molecule has 0 aliphatic rings. The van der Waals surface area contributed by atoms with Gasteiger partial charge < -0.3 is 33.8 Å². The van der Waals surface area contributed by atoms with Crippen LogP contribution in [0.25, 0.3) is 0 Å². The molecule has 504 valence electrons. The van der Waals surface area contributed by atoms with Crippen LogP contribution in [-0.4, -0.2) is 96.7 Å². The number of aliphatic hydroxyl groups is 1. The number of ether oxygens (including phenoxy) is 4. The first-order chi connectivity index (χ1) is 40.6. The number of carbonyl (C=O) groups excluding carboxylic acids is 4. The summed E-state index contributed by atoms with van der Waals surface area (Å²) in [5.74, 6) is 0.743. The zero-order chi connectivity index (χ0) is 63.2. The number of carbonyl (C=O) groups is 4. The lowest BCUT2D eigenvalue weighted by Crippen LogP contribution is -2.30. The summed E-state index contributed by atoms with van der Waals surface area (Å²) in [4.78, 5) is 72.2. The van der Waals surface area contributed by atoms with Gasteiger partial charge in [0, 0.05) is 25.7 Å². The molecule has 19 heteroatoms. The molecule has 0 saturated carbocycles. The van der Waals surface area contributed by atoms with Gasteiger partial charge in [0.25, 0.3) is 0 Å². The van der Waals surface area contributed by atoms with E-state index in [1.165, 1.54) is 116 Å². The van der Waals surface area contributed by atoms with Crippen LogP contribution in [0.15, 0.2) is 0 Å². The molecule has 85 heavy (non-hydrogen) atoms. The van der Waals surface area contributed by atoms with E-state index in [0.29, 0.717) is 37.5 Å². The van der Waals surface area contributed by atoms with Crippen LogP contribution in [-0.2, 0) is 65.4 Å².